The molecule has 1 aromatic heterocycles. The van der Waals surface area contributed by atoms with Gasteiger partial charge in [-0.05, 0) is 54.2 Å². The molecule has 0 aliphatic rings. The van der Waals surface area contributed by atoms with Crippen molar-refractivity contribution >= 4 is 39.1 Å². The molecule has 0 atom stereocenters. The average Bonchev–Trinajstić information content (AvgIpc) is 3.06. The Morgan fingerprint density at radius 3 is 2.50 bits per heavy atom. The van der Waals surface area contributed by atoms with E-state index in [1.165, 1.54) is 11.5 Å². The Morgan fingerprint density at radius 2 is 1.77 bits per heavy atom. The van der Waals surface area contributed by atoms with Crippen molar-refractivity contribution in [3.05, 3.63) is 59.8 Å². The number of fused-ring (bicyclic) bond motifs is 1. The van der Waals surface area contributed by atoms with Crippen molar-refractivity contribution in [2.45, 2.75) is 20.3 Å². The molecule has 0 radical (unpaired) electrons. The van der Waals surface area contributed by atoms with Crippen LogP contribution in [0.1, 0.15) is 41.1 Å². The fourth-order valence-corrected chi connectivity index (χ4v) is 3.29. The minimum absolute atomic E-state index is 0.103. The summed E-state index contributed by atoms with van der Waals surface area (Å²) < 4.78 is 5.23. The summed E-state index contributed by atoms with van der Waals surface area (Å²) >= 11 is 1.30. The molecule has 134 valence electrons. The number of aromatic nitrogens is 1. The molecule has 2 N–H and O–H groups in total. The van der Waals surface area contributed by atoms with Gasteiger partial charge in [-0.2, -0.15) is 4.37 Å². The van der Waals surface area contributed by atoms with Gasteiger partial charge < -0.3 is 10.6 Å². The molecule has 6 heteroatoms. The zero-order valence-electron chi connectivity index (χ0n) is 14.8. The highest BCUT2D eigenvalue weighted by Gasteiger charge is 2.14. The SMILES string of the molecule is CC(C)CCNC(=O)c1ccc(NC(=O)c2nsc3ccccc23)cc1. The van der Waals surface area contributed by atoms with Crippen LogP contribution >= 0.6 is 11.5 Å². The Bertz CT molecular complexity index is 916. The van der Waals surface area contributed by atoms with Gasteiger partial charge in [0, 0.05) is 23.2 Å². The van der Waals surface area contributed by atoms with Crippen LogP contribution in [0.3, 0.4) is 0 Å². The molecule has 0 bridgehead atoms. The summed E-state index contributed by atoms with van der Waals surface area (Å²) in [7, 11) is 0. The Kier molecular flexibility index (Phi) is 5.63. The second-order valence-corrected chi connectivity index (χ2v) is 7.30. The van der Waals surface area contributed by atoms with Crippen LogP contribution in [0.25, 0.3) is 10.1 Å². The summed E-state index contributed by atoms with van der Waals surface area (Å²) in [4.78, 5) is 24.6. The van der Waals surface area contributed by atoms with Gasteiger partial charge >= 0.3 is 0 Å². The maximum absolute atomic E-state index is 12.5. The first-order valence-electron chi connectivity index (χ1n) is 8.58. The van der Waals surface area contributed by atoms with Gasteiger partial charge in [0.05, 0.1) is 4.70 Å². The summed E-state index contributed by atoms with van der Waals surface area (Å²) in [6.45, 7) is 4.90. The quantitative estimate of drug-likeness (QED) is 0.681. The molecule has 0 fully saturated rings. The number of hydrogen-bond donors (Lipinski definition) is 2. The van der Waals surface area contributed by atoms with Crippen molar-refractivity contribution in [2.75, 3.05) is 11.9 Å². The van der Waals surface area contributed by atoms with Gasteiger partial charge in [0.1, 0.15) is 5.69 Å². The van der Waals surface area contributed by atoms with Crippen LogP contribution in [-0.2, 0) is 0 Å². The molecule has 0 saturated heterocycles. The topological polar surface area (TPSA) is 71.1 Å². The molecule has 26 heavy (non-hydrogen) atoms. The maximum atomic E-state index is 12.5. The van der Waals surface area contributed by atoms with Gasteiger partial charge in [-0.25, -0.2) is 0 Å². The maximum Gasteiger partial charge on any atom is 0.276 e. The second-order valence-electron chi connectivity index (χ2n) is 6.50. The molecule has 3 aromatic rings. The summed E-state index contributed by atoms with van der Waals surface area (Å²) in [6, 6.07) is 14.5. The Hall–Kier alpha value is -2.73. The van der Waals surface area contributed by atoms with E-state index in [2.05, 4.69) is 28.9 Å². The van der Waals surface area contributed by atoms with Crippen molar-refractivity contribution < 1.29 is 9.59 Å². The van der Waals surface area contributed by atoms with Crippen molar-refractivity contribution in [3.63, 3.8) is 0 Å². The number of carbonyl (C=O) groups excluding carboxylic acids is 2. The molecule has 0 spiro atoms. The number of nitrogens with zero attached hydrogens (tertiary/aromatic N) is 1. The molecule has 2 amide bonds. The predicted molar refractivity (Wildman–Crippen MR) is 106 cm³/mol. The Morgan fingerprint density at radius 1 is 1.04 bits per heavy atom. The molecule has 2 aromatic carbocycles. The summed E-state index contributed by atoms with van der Waals surface area (Å²) in [6.07, 6.45) is 0.946. The number of hydrogen-bond acceptors (Lipinski definition) is 4. The normalized spacial score (nSPS) is 10.9. The van der Waals surface area contributed by atoms with Crippen molar-refractivity contribution in [1.29, 1.82) is 0 Å². The summed E-state index contributed by atoms with van der Waals surface area (Å²) in [5.41, 5.74) is 1.62. The smallest absolute Gasteiger partial charge is 0.276 e. The second kappa shape index (κ2) is 8.10. The van der Waals surface area contributed by atoms with Gasteiger partial charge in [0.25, 0.3) is 11.8 Å². The third-order valence-corrected chi connectivity index (χ3v) is 4.83. The first-order chi connectivity index (χ1) is 12.5. The fraction of sp³-hybridized carbons (Fsp3) is 0.250. The minimum atomic E-state index is -0.253. The van der Waals surface area contributed by atoms with Crippen LogP contribution in [0.4, 0.5) is 5.69 Å². The standard InChI is InChI=1S/C20H21N3O2S/c1-13(2)11-12-21-19(24)14-7-9-15(10-8-14)22-20(25)18-16-5-3-4-6-17(16)26-23-18/h3-10,13H,11-12H2,1-2H3,(H,21,24)(H,22,25). The Balaban J connectivity index is 1.64. The van der Waals surface area contributed by atoms with E-state index in [-0.39, 0.29) is 11.8 Å². The van der Waals surface area contributed by atoms with E-state index in [9.17, 15) is 9.59 Å². The minimum Gasteiger partial charge on any atom is -0.352 e. The molecular formula is C20H21N3O2S. The lowest BCUT2D eigenvalue weighted by Gasteiger charge is -2.08. The van der Waals surface area contributed by atoms with Gasteiger partial charge in [0.2, 0.25) is 0 Å². The zero-order valence-corrected chi connectivity index (χ0v) is 15.6. The molecule has 0 saturated carbocycles. The lowest BCUT2D eigenvalue weighted by atomic mass is 10.1. The molecule has 3 rings (SSSR count). The molecule has 5 nitrogen and oxygen atoms in total. The van der Waals surface area contributed by atoms with E-state index < -0.39 is 0 Å². The zero-order chi connectivity index (χ0) is 18.5. The van der Waals surface area contributed by atoms with Crippen molar-refractivity contribution in [1.82, 2.24) is 9.69 Å². The molecule has 1 heterocycles. The van der Waals surface area contributed by atoms with Crippen LogP contribution < -0.4 is 10.6 Å². The van der Waals surface area contributed by atoms with E-state index >= 15 is 0 Å². The van der Waals surface area contributed by atoms with Crippen LogP contribution in [0.15, 0.2) is 48.5 Å². The van der Waals surface area contributed by atoms with Gasteiger partial charge in [0.15, 0.2) is 0 Å². The lowest BCUT2D eigenvalue weighted by molar-refractivity contribution is 0.0951. The largest absolute Gasteiger partial charge is 0.352 e. The van der Waals surface area contributed by atoms with Gasteiger partial charge in [-0.1, -0.05) is 32.0 Å². The average molecular weight is 367 g/mol. The van der Waals surface area contributed by atoms with Gasteiger partial charge in [-0.15, -0.1) is 0 Å². The van der Waals surface area contributed by atoms with E-state index in [1.54, 1.807) is 24.3 Å². The van der Waals surface area contributed by atoms with Crippen LogP contribution in [-0.4, -0.2) is 22.7 Å². The number of rotatable bonds is 6. The third kappa shape index (κ3) is 4.26. The first-order valence-corrected chi connectivity index (χ1v) is 9.36. The monoisotopic (exact) mass is 367 g/mol. The number of anilines is 1. The summed E-state index contributed by atoms with van der Waals surface area (Å²) in [5, 5.41) is 6.58. The molecule has 0 aliphatic heterocycles. The predicted octanol–water partition coefficient (Wildman–Crippen LogP) is 4.32. The number of carbonyl (C=O) groups is 2. The molecule has 0 aliphatic carbocycles. The number of amides is 2. The Labute approximate surface area is 156 Å². The summed E-state index contributed by atoms with van der Waals surface area (Å²) in [5.74, 6) is 0.195. The van der Waals surface area contributed by atoms with E-state index in [4.69, 9.17) is 0 Å². The molecular weight excluding hydrogens is 346 g/mol. The van der Waals surface area contributed by atoms with Crippen LogP contribution in [0.5, 0.6) is 0 Å². The lowest BCUT2D eigenvalue weighted by Crippen LogP contribution is -2.25. The highest BCUT2D eigenvalue weighted by Crippen LogP contribution is 2.23. The van der Waals surface area contributed by atoms with Crippen molar-refractivity contribution in [2.24, 2.45) is 5.92 Å². The van der Waals surface area contributed by atoms with Crippen molar-refractivity contribution in [3.8, 4) is 0 Å². The fourth-order valence-electron chi connectivity index (χ4n) is 2.52. The highest BCUT2D eigenvalue weighted by atomic mass is 32.1. The van der Waals surface area contributed by atoms with E-state index in [1.807, 2.05) is 24.3 Å². The van der Waals surface area contributed by atoms with Crippen LogP contribution in [0.2, 0.25) is 0 Å². The number of nitrogens with one attached hydrogen (secondary N) is 2. The van der Waals surface area contributed by atoms with E-state index in [0.717, 1.165) is 16.5 Å². The number of benzene rings is 2. The molecule has 0 unspecified atom stereocenters. The van der Waals surface area contributed by atoms with Gasteiger partial charge in [-0.3, -0.25) is 9.59 Å². The highest BCUT2D eigenvalue weighted by molar-refractivity contribution is 7.13. The third-order valence-electron chi connectivity index (χ3n) is 4.00. The van der Waals surface area contributed by atoms with E-state index in [0.29, 0.717) is 29.4 Å². The first kappa shape index (κ1) is 18.1. The van der Waals surface area contributed by atoms with Crippen LogP contribution in [0, 0.1) is 5.92 Å².